The molecule has 6 aromatic rings. The smallest absolute Gasteiger partial charge is 0.475 e. The van der Waals surface area contributed by atoms with Crippen LogP contribution in [0.25, 0.3) is 21.8 Å². The number of hydrogen-bond acceptors (Lipinski definition) is 9. The van der Waals surface area contributed by atoms with Crippen molar-refractivity contribution in [3.05, 3.63) is 132 Å². The van der Waals surface area contributed by atoms with Crippen LogP contribution in [0, 0.1) is 13.8 Å². The van der Waals surface area contributed by atoms with Crippen LogP contribution in [0.5, 0.6) is 0 Å². The van der Waals surface area contributed by atoms with Crippen LogP contribution in [0.15, 0.2) is 119 Å². The Labute approximate surface area is 345 Å². The molecule has 1 saturated heterocycles. The Hall–Kier alpha value is -6.03. The Morgan fingerprint density at radius 2 is 1.03 bits per heavy atom. The standard InChI is InChI=1S/C20H23N3O2S.C16H13NO3S.2C2HF3O2/c1-16-14-23(26(24,25)18-7-3-2-4-8-18)19-9-5-6-17(20(16)19)15-22-12-10-21-11-13-22;1-12-10-17(15-9-5-6-13(11-18)16(12)15)21(19,20)14-7-3-2-4-8-14;2*3-2(4,5)1(6)7/h2-9,14,21H,10-13,15H2,1H3;2-11H,1H3;2*(H,6,7). The van der Waals surface area contributed by atoms with Gasteiger partial charge in [-0.1, -0.05) is 60.7 Å². The molecule has 0 unspecified atom stereocenters. The van der Waals surface area contributed by atoms with Crippen molar-refractivity contribution >= 4 is 60.1 Å². The Kier molecular flexibility index (Phi) is 15.3. The number of carboxylic acids is 2. The first-order valence-electron chi connectivity index (χ1n) is 17.8. The fourth-order valence-corrected chi connectivity index (χ4v) is 9.04. The number of carboxylic acid groups (broad SMARTS) is 2. The highest BCUT2D eigenvalue weighted by Crippen LogP contribution is 2.30. The Morgan fingerprint density at radius 3 is 1.44 bits per heavy atom. The Bertz CT molecular complexity index is 2690. The van der Waals surface area contributed by atoms with Crippen LogP contribution in [0.1, 0.15) is 27.0 Å². The molecule has 21 heteroatoms. The molecule has 0 bridgehead atoms. The minimum absolute atomic E-state index is 0.221. The number of aromatic nitrogens is 2. The van der Waals surface area contributed by atoms with Crippen molar-refractivity contribution < 1.29 is 67.8 Å². The zero-order valence-corrected chi connectivity index (χ0v) is 33.8. The fourth-order valence-electron chi connectivity index (χ4n) is 6.17. The van der Waals surface area contributed by atoms with Gasteiger partial charge in [-0.3, -0.25) is 9.69 Å². The number of benzene rings is 4. The molecular formula is C40H38F6N4O9S2. The largest absolute Gasteiger partial charge is 0.490 e. The molecule has 0 radical (unpaired) electrons. The Morgan fingerprint density at radius 1 is 0.639 bits per heavy atom. The third-order valence-electron chi connectivity index (χ3n) is 8.90. The highest BCUT2D eigenvalue weighted by molar-refractivity contribution is 7.90. The topological polar surface area (TPSA) is 185 Å². The molecular weight excluding hydrogens is 859 g/mol. The average Bonchev–Trinajstić information content (AvgIpc) is 3.76. The highest BCUT2D eigenvalue weighted by Gasteiger charge is 2.39. The minimum atomic E-state index is -5.08. The highest BCUT2D eigenvalue weighted by atomic mass is 32.2. The summed E-state index contributed by atoms with van der Waals surface area (Å²) >= 11 is 0. The van der Waals surface area contributed by atoms with E-state index in [1.807, 2.05) is 25.1 Å². The van der Waals surface area contributed by atoms with E-state index in [-0.39, 0.29) is 4.90 Å². The van der Waals surface area contributed by atoms with Gasteiger partial charge >= 0.3 is 24.3 Å². The van der Waals surface area contributed by atoms with Gasteiger partial charge in [-0.25, -0.2) is 34.4 Å². The van der Waals surface area contributed by atoms with Gasteiger partial charge in [0.05, 0.1) is 20.8 Å². The molecule has 7 rings (SSSR count). The number of hydrogen-bond donors (Lipinski definition) is 3. The van der Waals surface area contributed by atoms with Crippen LogP contribution in [0.3, 0.4) is 0 Å². The number of nitrogens with zero attached hydrogens (tertiary/aromatic N) is 3. The predicted molar refractivity (Wildman–Crippen MR) is 212 cm³/mol. The third kappa shape index (κ3) is 11.6. The number of carbonyl (C=O) groups is 3. The lowest BCUT2D eigenvalue weighted by Crippen LogP contribution is -2.42. The number of rotatable bonds is 7. The molecule has 0 aliphatic carbocycles. The van der Waals surface area contributed by atoms with Gasteiger partial charge in [-0.15, -0.1) is 0 Å². The molecule has 326 valence electrons. The zero-order chi connectivity index (χ0) is 45.3. The van der Waals surface area contributed by atoms with Crippen LogP contribution in [-0.2, 0) is 36.2 Å². The van der Waals surface area contributed by atoms with Crippen LogP contribution < -0.4 is 5.32 Å². The normalized spacial score (nSPS) is 13.5. The maximum Gasteiger partial charge on any atom is 0.490 e. The first-order chi connectivity index (χ1) is 28.5. The van der Waals surface area contributed by atoms with Crippen molar-refractivity contribution in [3.63, 3.8) is 0 Å². The first kappa shape index (κ1) is 47.6. The predicted octanol–water partition coefficient (Wildman–Crippen LogP) is 6.86. The minimum Gasteiger partial charge on any atom is -0.475 e. The second-order valence-electron chi connectivity index (χ2n) is 13.2. The molecule has 4 aromatic carbocycles. The second kappa shape index (κ2) is 19.6. The van der Waals surface area contributed by atoms with Crippen LogP contribution >= 0.6 is 0 Å². The molecule has 0 atom stereocenters. The molecule has 1 aliphatic heterocycles. The maximum absolute atomic E-state index is 13.1. The summed E-state index contributed by atoms with van der Waals surface area (Å²) in [5.74, 6) is -5.51. The lowest BCUT2D eigenvalue weighted by molar-refractivity contribution is -0.193. The van der Waals surface area contributed by atoms with Gasteiger partial charge in [-0.05, 0) is 66.9 Å². The van der Waals surface area contributed by atoms with Gasteiger partial charge < -0.3 is 15.5 Å². The number of nitrogens with one attached hydrogen (secondary N) is 1. The summed E-state index contributed by atoms with van der Waals surface area (Å²) in [6, 6.07) is 27.9. The summed E-state index contributed by atoms with van der Waals surface area (Å²) in [5.41, 5.74) is 4.69. The number of aliphatic carboxylic acids is 2. The molecule has 13 nitrogen and oxygen atoms in total. The number of aldehydes is 1. The lowest BCUT2D eigenvalue weighted by Gasteiger charge is -2.27. The van der Waals surface area contributed by atoms with E-state index < -0.39 is 44.3 Å². The number of piperazine rings is 1. The van der Waals surface area contributed by atoms with Gasteiger partial charge in [-0.2, -0.15) is 26.3 Å². The van der Waals surface area contributed by atoms with E-state index in [1.165, 1.54) is 13.5 Å². The van der Waals surface area contributed by atoms with Crippen molar-refractivity contribution in [3.8, 4) is 0 Å². The number of halogens is 6. The molecule has 61 heavy (non-hydrogen) atoms. The van der Waals surface area contributed by atoms with Crippen molar-refractivity contribution in [2.75, 3.05) is 26.2 Å². The quantitative estimate of drug-likeness (QED) is 0.112. The fraction of sp³-hybridized carbons (Fsp3) is 0.225. The molecule has 1 aliphatic rings. The van der Waals surface area contributed by atoms with E-state index in [4.69, 9.17) is 19.8 Å². The van der Waals surface area contributed by atoms with Gasteiger partial charge in [0.15, 0.2) is 6.29 Å². The number of aryl methyl sites for hydroxylation is 2. The first-order valence-corrected chi connectivity index (χ1v) is 20.7. The number of alkyl halides is 6. The molecule has 3 heterocycles. The summed E-state index contributed by atoms with van der Waals surface area (Å²) in [6.07, 6.45) is -6.12. The van der Waals surface area contributed by atoms with Crippen LogP contribution in [-0.4, -0.2) is 96.6 Å². The van der Waals surface area contributed by atoms with Crippen molar-refractivity contribution in [1.82, 2.24) is 18.2 Å². The zero-order valence-electron chi connectivity index (χ0n) is 32.2. The summed E-state index contributed by atoms with van der Waals surface area (Å²) in [4.78, 5) is 31.9. The van der Waals surface area contributed by atoms with Gasteiger partial charge in [0.25, 0.3) is 20.0 Å². The van der Waals surface area contributed by atoms with Crippen molar-refractivity contribution in [1.29, 1.82) is 0 Å². The van der Waals surface area contributed by atoms with E-state index in [0.717, 1.165) is 61.0 Å². The SMILES string of the molecule is Cc1cn(S(=O)(=O)c2ccccc2)c2cccc(C=O)c12.Cc1cn(S(=O)(=O)c2ccccc2)c2cccc(CN3CCNCC3)c12.O=C(O)C(F)(F)F.O=C(O)C(F)(F)F. The molecule has 0 saturated carbocycles. The Balaban J connectivity index is 0.000000208. The van der Waals surface area contributed by atoms with E-state index in [1.54, 1.807) is 92.1 Å². The van der Waals surface area contributed by atoms with Gasteiger partial charge in [0.1, 0.15) is 0 Å². The van der Waals surface area contributed by atoms with Crippen LogP contribution in [0.4, 0.5) is 26.3 Å². The summed E-state index contributed by atoms with van der Waals surface area (Å²) in [5, 5.41) is 19.3. The molecule has 2 aromatic heterocycles. The van der Waals surface area contributed by atoms with E-state index in [9.17, 15) is 48.0 Å². The summed E-state index contributed by atoms with van der Waals surface area (Å²) in [7, 11) is -7.27. The van der Waals surface area contributed by atoms with Crippen LogP contribution in [0.2, 0.25) is 0 Å². The molecule has 0 spiro atoms. The van der Waals surface area contributed by atoms with E-state index in [2.05, 4.69) is 16.3 Å². The van der Waals surface area contributed by atoms with E-state index in [0.29, 0.717) is 21.4 Å². The maximum atomic E-state index is 13.1. The van der Waals surface area contributed by atoms with Crippen molar-refractivity contribution in [2.24, 2.45) is 0 Å². The average molecular weight is 897 g/mol. The van der Waals surface area contributed by atoms with E-state index >= 15 is 0 Å². The number of carbonyl (C=O) groups excluding carboxylic acids is 1. The third-order valence-corrected chi connectivity index (χ3v) is 12.3. The lowest BCUT2D eigenvalue weighted by atomic mass is 10.1. The molecule has 3 N–H and O–H groups in total. The monoisotopic (exact) mass is 896 g/mol. The van der Waals surface area contributed by atoms with Gasteiger partial charge in [0.2, 0.25) is 0 Å². The summed E-state index contributed by atoms with van der Waals surface area (Å²) in [6.45, 7) is 8.65. The second-order valence-corrected chi connectivity index (χ2v) is 16.8. The van der Waals surface area contributed by atoms with Gasteiger partial charge in [0, 0.05) is 61.5 Å². The molecule has 0 amide bonds. The van der Waals surface area contributed by atoms with Crippen molar-refractivity contribution in [2.45, 2.75) is 42.5 Å². The summed E-state index contributed by atoms with van der Waals surface area (Å²) < 4.78 is 118. The number of fused-ring (bicyclic) bond motifs is 2. The molecule has 1 fully saturated rings.